The first-order chi connectivity index (χ1) is 10.3. The molecule has 1 aromatic rings. The van der Waals surface area contributed by atoms with E-state index in [2.05, 4.69) is 5.10 Å². The minimum Gasteiger partial charge on any atom is -0.384 e. The number of halogens is 3. The number of hydrogen-bond donors (Lipinski definition) is 1. The van der Waals surface area contributed by atoms with Gasteiger partial charge in [0.25, 0.3) is 11.6 Å². The van der Waals surface area contributed by atoms with Gasteiger partial charge in [-0.3, -0.25) is 4.79 Å². The van der Waals surface area contributed by atoms with E-state index in [1.54, 1.807) is 6.07 Å². The van der Waals surface area contributed by atoms with Gasteiger partial charge in [0.1, 0.15) is 0 Å². The van der Waals surface area contributed by atoms with Crippen molar-refractivity contribution in [1.82, 2.24) is 5.01 Å². The van der Waals surface area contributed by atoms with Crippen LogP contribution in [0, 0.1) is 0 Å². The third kappa shape index (κ3) is 2.97. The number of carbonyl (C=O) groups excluding carboxylic acids is 1. The van der Waals surface area contributed by atoms with Gasteiger partial charge in [-0.2, -0.15) is 23.3 Å². The zero-order valence-electron chi connectivity index (χ0n) is 11.8. The molecule has 8 heteroatoms. The Kier molecular flexibility index (Phi) is 4.52. The summed E-state index contributed by atoms with van der Waals surface area (Å²) in [6, 6.07) is 7.39. The van der Waals surface area contributed by atoms with Crippen LogP contribution in [0.4, 0.5) is 13.2 Å². The highest BCUT2D eigenvalue weighted by atomic mass is 19.4. The summed E-state index contributed by atoms with van der Waals surface area (Å²) in [6.07, 6.45) is -5.69. The molecular formula is C14H15F3N2O3. The lowest BCUT2D eigenvalue weighted by molar-refractivity contribution is -0.297. The molecule has 0 bridgehead atoms. The van der Waals surface area contributed by atoms with E-state index in [0.717, 1.165) is 0 Å². The molecule has 120 valence electrons. The standard InChI is InChI=1S/C14H15F3N2O3/c1-22-8-7-11-9-13(21,14(15,16)17)19(18-11)12(20)10-5-3-2-4-6-10/h2-6,21H,7-9H2,1H3/t13-/m1/s1. The first-order valence-corrected chi connectivity index (χ1v) is 6.53. The van der Waals surface area contributed by atoms with E-state index in [1.165, 1.54) is 31.4 Å². The van der Waals surface area contributed by atoms with Crippen LogP contribution in [0.5, 0.6) is 0 Å². The maximum atomic E-state index is 13.2. The van der Waals surface area contributed by atoms with Gasteiger partial charge in [0.05, 0.1) is 6.61 Å². The van der Waals surface area contributed by atoms with Crippen molar-refractivity contribution < 1.29 is 27.8 Å². The number of ether oxygens (including phenoxy) is 1. The monoisotopic (exact) mass is 316 g/mol. The molecule has 0 aliphatic carbocycles. The minimum atomic E-state index is -5.02. The summed E-state index contributed by atoms with van der Waals surface area (Å²) in [5, 5.41) is 13.8. The summed E-state index contributed by atoms with van der Waals surface area (Å²) >= 11 is 0. The fraction of sp³-hybridized carbons (Fsp3) is 0.429. The average Bonchev–Trinajstić information content (AvgIpc) is 2.83. The maximum absolute atomic E-state index is 13.2. The molecule has 1 heterocycles. The zero-order valence-corrected chi connectivity index (χ0v) is 11.8. The van der Waals surface area contributed by atoms with E-state index in [0.29, 0.717) is 0 Å². The summed E-state index contributed by atoms with van der Waals surface area (Å²) in [7, 11) is 1.40. The Morgan fingerprint density at radius 1 is 1.41 bits per heavy atom. The number of hydrazone groups is 1. The second kappa shape index (κ2) is 6.05. The fourth-order valence-corrected chi connectivity index (χ4v) is 2.11. The van der Waals surface area contributed by atoms with E-state index in [-0.39, 0.29) is 29.3 Å². The molecule has 1 N–H and O–H groups in total. The summed E-state index contributed by atoms with van der Waals surface area (Å²) in [6.45, 7) is 0.153. The predicted octanol–water partition coefficient (Wildman–Crippen LogP) is 2.18. The second-order valence-corrected chi connectivity index (χ2v) is 4.88. The van der Waals surface area contributed by atoms with Gasteiger partial charge in [-0.25, -0.2) is 0 Å². The summed E-state index contributed by atoms with van der Waals surface area (Å²) in [5.74, 6) is -1.01. The van der Waals surface area contributed by atoms with Crippen molar-refractivity contribution >= 4 is 11.6 Å². The predicted molar refractivity (Wildman–Crippen MR) is 72.2 cm³/mol. The van der Waals surface area contributed by atoms with E-state index in [9.17, 15) is 23.1 Å². The van der Waals surface area contributed by atoms with Crippen LogP contribution >= 0.6 is 0 Å². The molecule has 22 heavy (non-hydrogen) atoms. The number of amides is 1. The number of nitrogens with zero attached hydrogens (tertiary/aromatic N) is 2. The summed E-state index contributed by atoms with van der Waals surface area (Å²) in [4.78, 5) is 12.3. The van der Waals surface area contributed by atoms with Crippen LogP contribution in [-0.4, -0.2) is 47.4 Å². The fourth-order valence-electron chi connectivity index (χ4n) is 2.11. The van der Waals surface area contributed by atoms with Gasteiger partial charge in [0, 0.05) is 31.2 Å². The molecule has 0 aromatic heterocycles. The zero-order chi connectivity index (χ0) is 16.4. The average molecular weight is 316 g/mol. The molecule has 1 amide bonds. The van der Waals surface area contributed by atoms with Gasteiger partial charge in [-0.05, 0) is 12.1 Å². The number of alkyl halides is 3. The smallest absolute Gasteiger partial charge is 0.384 e. The quantitative estimate of drug-likeness (QED) is 0.926. The van der Waals surface area contributed by atoms with Gasteiger partial charge >= 0.3 is 6.18 Å². The van der Waals surface area contributed by atoms with E-state index >= 15 is 0 Å². The lowest BCUT2D eigenvalue weighted by Crippen LogP contribution is -2.56. The summed E-state index contributed by atoms with van der Waals surface area (Å²) in [5.41, 5.74) is -3.25. The molecule has 0 saturated heterocycles. The van der Waals surface area contributed by atoms with Crippen molar-refractivity contribution in [3.63, 3.8) is 0 Å². The number of rotatable bonds is 4. The molecule has 1 aliphatic heterocycles. The third-order valence-corrected chi connectivity index (χ3v) is 3.30. The van der Waals surface area contributed by atoms with Crippen LogP contribution in [-0.2, 0) is 4.74 Å². The number of benzene rings is 1. The van der Waals surface area contributed by atoms with Crippen molar-refractivity contribution in [2.24, 2.45) is 5.10 Å². The molecule has 2 rings (SSSR count). The third-order valence-electron chi connectivity index (χ3n) is 3.30. The van der Waals surface area contributed by atoms with Crippen LogP contribution < -0.4 is 0 Å². The molecule has 1 aromatic carbocycles. The van der Waals surface area contributed by atoms with E-state index < -0.39 is 24.2 Å². The highest BCUT2D eigenvalue weighted by molar-refractivity contribution is 5.98. The molecule has 1 aliphatic rings. The maximum Gasteiger partial charge on any atom is 0.438 e. The molecule has 1 atom stereocenters. The SMILES string of the molecule is COCCC1=NN(C(=O)c2ccccc2)[C@](O)(C(F)(F)F)C1. The van der Waals surface area contributed by atoms with Crippen molar-refractivity contribution in [1.29, 1.82) is 0 Å². The van der Waals surface area contributed by atoms with Crippen LogP contribution in [0.15, 0.2) is 35.4 Å². The van der Waals surface area contributed by atoms with Crippen LogP contribution in [0.2, 0.25) is 0 Å². The van der Waals surface area contributed by atoms with Gasteiger partial charge in [0.2, 0.25) is 0 Å². The number of methoxy groups -OCH3 is 1. The Morgan fingerprint density at radius 3 is 2.59 bits per heavy atom. The number of hydrogen-bond acceptors (Lipinski definition) is 4. The van der Waals surface area contributed by atoms with Crippen LogP contribution in [0.25, 0.3) is 0 Å². The van der Waals surface area contributed by atoms with Crippen molar-refractivity contribution in [2.75, 3.05) is 13.7 Å². The van der Waals surface area contributed by atoms with Crippen LogP contribution in [0.1, 0.15) is 23.2 Å². The number of aliphatic hydroxyl groups is 1. The van der Waals surface area contributed by atoms with Crippen molar-refractivity contribution in [3.05, 3.63) is 35.9 Å². The van der Waals surface area contributed by atoms with Crippen LogP contribution in [0.3, 0.4) is 0 Å². The van der Waals surface area contributed by atoms with Gasteiger partial charge < -0.3 is 9.84 Å². The highest BCUT2D eigenvalue weighted by Crippen LogP contribution is 2.41. The summed E-state index contributed by atoms with van der Waals surface area (Å²) < 4.78 is 44.4. The van der Waals surface area contributed by atoms with Crippen molar-refractivity contribution in [3.8, 4) is 0 Å². The van der Waals surface area contributed by atoms with E-state index in [1.807, 2.05) is 0 Å². The molecule has 0 spiro atoms. The Balaban J connectivity index is 2.34. The van der Waals surface area contributed by atoms with Crippen molar-refractivity contribution in [2.45, 2.75) is 24.7 Å². The van der Waals surface area contributed by atoms with E-state index in [4.69, 9.17) is 4.74 Å². The Bertz CT molecular complexity index is 574. The molecule has 0 radical (unpaired) electrons. The molecule has 0 fully saturated rings. The first-order valence-electron chi connectivity index (χ1n) is 6.53. The molecule has 0 unspecified atom stereocenters. The molecule has 5 nitrogen and oxygen atoms in total. The molecule has 0 saturated carbocycles. The Labute approximate surface area is 125 Å². The Hall–Kier alpha value is -1.93. The van der Waals surface area contributed by atoms with Gasteiger partial charge in [0.15, 0.2) is 0 Å². The second-order valence-electron chi connectivity index (χ2n) is 4.88. The highest BCUT2D eigenvalue weighted by Gasteiger charge is 2.63. The number of carbonyl (C=O) groups is 1. The topological polar surface area (TPSA) is 62.1 Å². The lowest BCUT2D eigenvalue weighted by atomic mass is 10.0. The van der Waals surface area contributed by atoms with Gasteiger partial charge in [-0.1, -0.05) is 18.2 Å². The minimum absolute atomic E-state index is 0.0157. The van der Waals surface area contributed by atoms with Gasteiger partial charge in [-0.15, -0.1) is 0 Å². The lowest BCUT2D eigenvalue weighted by Gasteiger charge is -2.32. The first kappa shape index (κ1) is 16.4. The largest absolute Gasteiger partial charge is 0.438 e. The Morgan fingerprint density at radius 2 is 2.05 bits per heavy atom. The molecular weight excluding hydrogens is 301 g/mol. The normalized spacial score (nSPS) is 21.9.